The minimum atomic E-state index is -0.454. The summed E-state index contributed by atoms with van der Waals surface area (Å²) in [4.78, 5) is 33.1. The number of thiophene rings is 1. The van der Waals surface area contributed by atoms with Gasteiger partial charge in [0.1, 0.15) is 11.6 Å². The van der Waals surface area contributed by atoms with Crippen molar-refractivity contribution < 1.29 is 23.5 Å². The van der Waals surface area contributed by atoms with Gasteiger partial charge in [0.2, 0.25) is 0 Å². The minimum Gasteiger partial charge on any atom is -0.497 e. The Labute approximate surface area is 223 Å². The number of pyridine rings is 1. The summed E-state index contributed by atoms with van der Waals surface area (Å²) in [5.74, 6) is 0.712. The highest BCUT2D eigenvalue weighted by atomic mass is 32.1. The molecule has 0 atom stereocenters. The maximum atomic E-state index is 13.7. The second-order valence-electron chi connectivity index (χ2n) is 8.64. The highest BCUT2D eigenvalue weighted by Gasteiger charge is 2.27. The summed E-state index contributed by atoms with van der Waals surface area (Å²) in [5.41, 5.74) is 3.49. The largest absolute Gasteiger partial charge is 0.497 e. The zero-order valence-corrected chi connectivity index (χ0v) is 21.6. The number of hydrogen-bond donors (Lipinski definition) is 2. The van der Waals surface area contributed by atoms with E-state index in [0.29, 0.717) is 23.8 Å². The van der Waals surface area contributed by atoms with Gasteiger partial charge in [-0.25, -0.2) is 14.2 Å². The predicted octanol–water partition coefficient (Wildman–Crippen LogP) is 5.44. The van der Waals surface area contributed by atoms with Crippen molar-refractivity contribution in [3.63, 3.8) is 0 Å². The van der Waals surface area contributed by atoms with E-state index in [1.54, 1.807) is 36.4 Å². The average Bonchev–Trinajstić information content (AvgIpc) is 3.43. The Kier molecular flexibility index (Phi) is 7.23. The molecule has 0 saturated carbocycles. The molecule has 194 valence electrons. The van der Waals surface area contributed by atoms with Crippen LogP contribution in [0.15, 0.2) is 66.9 Å². The topological polar surface area (TPSA) is 92.8 Å². The standard InChI is InChI=1S/C28H25FN4O4S/c1-36-19-6-3-17(4-7-19)15-33-16-21-20(11-12-30-26(21)32-28(33)35)24-9-10-25(38-24)27(34)31-14-18-5-8-22(29)23(13-18)37-2/h3-13H,14-16H2,1-2H3,(H,31,34)(H,30,32,35). The van der Waals surface area contributed by atoms with Gasteiger partial charge in [0.15, 0.2) is 11.6 Å². The number of anilines is 1. The lowest BCUT2D eigenvalue weighted by Crippen LogP contribution is -2.38. The van der Waals surface area contributed by atoms with E-state index < -0.39 is 5.82 Å². The Balaban J connectivity index is 1.31. The molecule has 0 spiro atoms. The molecule has 1 aliphatic rings. The maximum absolute atomic E-state index is 13.7. The summed E-state index contributed by atoms with van der Waals surface area (Å²) >= 11 is 1.35. The second kappa shape index (κ2) is 10.9. The van der Waals surface area contributed by atoms with E-state index in [1.807, 2.05) is 36.4 Å². The number of methoxy groups -OCH3 is 2. The fourth-order valence-electron chi connectivity index (χ4n) is 4.20. The molecule has 0 unspecified atom stereocenters. The van der Waals surface area contributed by atoms with Crippen LogP contribution in [0.5, 0.6) is 11.5 Å². The number of rotatable bonds is 8. The SMILES string of the molecule is COc1ccc(CN2Cc3c(-c4ccc(C(=O)NCc5ccc(F)c(OC)c5)s4)ccnc3NC2=O)cc1. The third-order valence-corrected chi connectivity index (χ3v) is 7.33. The molecule has 0 fully saturated rings. The van der Waals surface area contributed by atoms with Crippen molar-refractivity contribution in [2.75, 3.05) is 19.5 Å². The van der Waals surface area contributed by atoms with Crippen molar-refractivity contribution in [1.29, 1.82) is 0 Å². The monoisotopic (exact) mass is 532 g/mol. The number of aromatic nitrogens is 1. The van der Waals surface area contributed by atoms with Gasteiger partial charge < -0.3 is 19.7 Å². The number of nitrogens with one attached hydrogen (secondary N) is 2. The Bertz CT molecular complexity index is 1490. The van der Waals surface area contributed by atoms with Crippen molar-refractivity contribution in [3.05, 3.63) is 94.2 Å². The van der Waals surface area contributed by atoms with Gasteiger partial charge in [-0.05, 0) is 53.6 Å². The molecule has 0 aliphatic carbocycles. The van der Waals surface area contributed by atoms with Crippen LogP contribution in [0.25, 0.3) is 10.4 Å². The molecule has 3 heterocycles. The van der Waals surface area contributed by atoms with Crippen molar-refractivity contribution in [2.24, 2.45) is 0 Å². The van der Waals surface area contributed by atoms with Gasteiger partial charge in [0.05, 0.1) is 25.6 Å². The molecular weight excluding hydrogens is 507 g/mol. The number of urea groups is 1. The van der Waals surface area contributed by atoms with Crippen LogP contribution in [-0.2, 0) is 19.6 Å². The number of carbonyl (C=O) groups is 2. The first kappa shape index (κ1) is 25.2. The molecule has 38 heavy (non-hydrogen) atoms. The average molecular weight is 533 g/mol. The highest BCUT2D eigenvalue weighted by molar-refractivity contribution is 7.17. The molecule has 0 radical (unpaired) electrons. The lowest BCUT2D eigenvalue weighted by atomic mass is 10.1. The lowest BCUT2D eigenvalue weighted by Gasteiger charge is -2.30. The van der Waals surface area contributed by atoms with Crippen LogP contribution in [0.2, 0.25) is 0 Å². The molecule has 5 rings (SSSR count). The van der Waals surface area contributed by atoms with E-state index in [0.717, 1.165) is 32.9 Å². The Morgan fingerprint density at radius 3 is 2.63 bits per heavy atom. The third-order valence-electron chi connectivity index (χ3n) is 6.21. The van der Waals surface area contributed by atoms with Crippen LogP contribution in [0.3, 0.4) is 0 Å². The van der Waals surface area contributed by atoms with Gasteiger partial charge in [0.25, 0.3) is 5.91 Å². The first-order valence-electron chi connectivity index (χ1n) is 11.8. The number of carbonyl (C=O) groups excluding carboxylic acids is 2. The van der Waals surface area contributed by atoms with E-state index in [1.165, 1.54) is 24.5 Å². The van der Waals surface area contributed by atoms with Gasteiger partial charge in [-0.2, -0.15) is 0 Å². The van der Waals surface area contributed by atoms with Crippen LogP contribution in [-0.4, -0.2) is 36.0 Å². The van der Waals surface area contributed by atoms with E-state index in [2.05, 4.69) is 15.6 Å². The molecular formula is C28H25FN4O4S. The number of nitrogens with zero attached hydrogens (tertiary/aromatic N) is 2. The van der Waals surface area contributed by atoms with Crippen LogP contribution >= 0.6 is 11.3 Å². The quantitative estimate of drug-likeness (QED) is 0.315. The summed E-state index contributed by atoms with van der Waals surface area (Å²) in [6.45, 7) is 1.04. The summed E-state index contributed by atoms with van der Waals surface area (Å²) in [6.07, 6.45) is 1.65. The molecule has 2 aromatic heterocycles. The Hall–Kier alpha value is -4.44. The normalized spacial score (nSPS) is 12.5. The fourth-order valence-corrected chi connectivity index (χ4v) is 5.18. The Morgan fingerprint density at radius 1 is 1.08 bits per heavy atom. The van der Waals surface area contributed by atoms with E-state index in [9.17, 15) is 14.0 Å². The van der Waals surface area contributed by atoms with E-state index >= 15 is 0 Å². The Morgan fingerprint density at radius 2 is 1.87 bits per heavy atom. The maximum Gasteiger partial charge on any atom is 0.323 e. The lowest BCUT2D eigenvalue weighted by molar-refractivity contribution is 0.0955. The number of ether oxygens (including phenoxy) is 2. The van der Waals surface area contributed by atoms with Crippen LogP contribution < -0.4 is 20.1 Å². The fraction of sp³-hybridized carbons (Fsp3) is 0.179. The molecule has 1 aliphatic heterocycles. The first-order chi connectivity index (χ1) is 18.4. The first-order valence-corrected chi connectivity index (χ1v) is 12.6. The molecule has 2 N–H and O–H groups in total. The highest BCUT2D eigenvalue weighted by Crippen LogP contribution is 2.36. The zero-order chi connectivity index (χ0) is 26.6. The van der Waals surface area contributed by atoms with Crippen molar-refractivity contribution in [3.8, 4) is 21.9 Å². The van der Waals surface area contributed by atoms with E-state index in [-0.39, 0.29) is 24.2 Å². The van der Waals surface area contributed by atoms with Crippen LogP contribution in [0.4, 0.5) is 15.0 Å². The summed E-state index contributed by atoms with van der Waals surface area (Å²) in [6, 6.07) is 17.4. The summed E-state index contributed by atoms with van der Waals surface area (Å²) < 4.78 is 23.9. The van der Waals surface area contributed by atoms with Gasteiger partial charge in [-0.15, -0.1) is 11.3 Å². The van der Waals surface area contributed by atoms with E-state index in [4.69, 9.17) is 9.47 Å². The van der Waals surface area contributed by atoms with Gasteiger partial charge in [-0.1, -0.05) is 18.2 Å². The molecule has 8 nitrogen and oxygen atoms in total. The molecule has 10 heteroatoms. The van der Waals surface area contributed by atoms with Gasteiger partial charge in [0, 0.05) is 35.3 Å². The number of fused-ring (bicyclic) bond motifs is 1. The summed E-state index contributed by atoms with van der Waals surface area (Å²) in [7, 11) is 3.01. The summed E-state index contributed by atoms with van der Waals surface area (Å²) in [5, 5.41) is 5.75. The molecule has 2 aromatic carbocycles. The van der Waals surface area contributed by atoms with Crippen molar-refractivity contribution in [2.45, 2.75) is 19.6 Å². The second-order valence-corrected chi connectivity index (χ2v) is 9.72. The minimum absolute atomic E-state index is 0.130. The number of halogens is 1. The van der Waals surface area contributed by atoms with Gasteiger partial charge >= 0.3 is 6.03 Å². The zero-order valence-electron chi connectivity index (χ0n) is 20.8. The smallest absolute Gasteiger partial charge is 0.323 e. The van der Waals surface area contributed by atoms with Crippen molar-refractivity contribution in [1.82, 2.24) is 15.2 Å². The third kappa shape index (κ3) is 5.30. The molecule has 0 bridgehead atoms. The van der Waals surface area contributed by atoms with Crippen molar-refractivity contribution >= 4 is 29.1 Å². The molecule has 4 aromatic rings. The van der Waals surface area contributed by atoms with Gasteiger partial charge in [-0.3, -0.25) is 10.1 Å². The van der Waals surface area contributed by atoms with Crippen LogP contribution in [0.1, 0.15) is 26.4 Å². The number of amides is 3. The predicted molar refractivity (Wildman–Crippen MR) is 143 cm³/mol. The molecule has 3 amide bonds. The van der Waals surface area contributed by atoms with Crippen LogP contribution in [0, 0.1) is 5.82 Å². The number of hydrogen-bond acceptors (Lipinski definition) is 6. The number of benzene rings is 2. The molecule has 0 saturated heterocycles.